The molecule has 2 fully saturated rings. The van der Waals surface area contributed by atoms with Crippen molar-refractivity contribution in [2.24, 2.45) is 0 Å². The molecule has 0 bridgehead atoms. The molecule has 0 aliphatic carbocycles. The Kier molecular flexibility index (Phi) is 8.57. The van der Waals surface area contributed by atoms with Crippen molar-refractivity contribution >= 4 is 45.5 Å². The van der Waals surface area contributed by atoms with Crippen molar-refractivity contribution in [1.29, 1.82) is 5.26 Å². The first-order valence-electron chi connectivity index (χ1n) is 13.0. The monoisotopic (exact) mass is 549 g/mol. The lowest BCUT2D eigenvalue weighted by molar-refractivity contribution is -0.111. The summed E-state index contributed by atoms with van der Waals surface area (Å²) in [6.45, 7) is 3.87. The molecule has 39 heavy (non-hydrogen) atoms. The number of ether oxygens (including phenoxy) is 2. The quantitative estimate of drug-likeness (QED) is 0.343. The summed E-state index contributed by atoms with van der Waals surface area (Å²) >= 11 is 5.97. The van der Waals surface area contributed by atoms with Crippen LogP contribution in [0.15, 0.2) is 48.7 Å². The van der Waals surface area contributed by atoms with Crippen LogP contribution in [0.5, 0.6) is 5.75 Å². The normalized spacial score (nSPS) is 17.8. The molecule has 0 radical (unpaired) electrons. The lowest BCUT2D eigenvalue weighted by atomic mass is 10.1. The fourth-order valence-electron chi connectivity index (χ4n) is 4.76. The van der Waals surface area contributed by atoms with Crippen LogP contribution in [0, 0.1) is 17.1 Å². The van der Waals surface area contributed by atoms with Crippen LogP contribution in [0.2, 0.25) is 5.02 Å². The van der Waals surface area contributed by atoms with Gasteiger partial charge >= 0.3 is 0 Å². The van der Waals surface area contributed by atoms with E-state index >= 15 is 0 Å². The van der Waals surface area contributed by atoms with Gasteiger partial charge in [-0.1, -0.05) is 24.1 Å². The molecule has 2 aromatic carbocycles. The minimum Gasteiger partial charge on any atom is -0.486 e. The van der Waals surface area contributed by atoms with Gasteiger partial charge in [-0.05, 0) is 50.2 Å². The maximum atomic E-state index is 13.7. The van der Waals surface area contributed by atoms with Gasteiger partial charge in [0.2, 0.25) is 5.91 Å². The number of pyridine rings is 1. The van der Waals surface area contributed by atoms with E-state index in [1.807, 2.05) is 6.08 Å². The van der Waals surface area contributed by atoms with E-state index in [4.69, 9.17) is 21.1 Å². The average molecular weight is 550 g/mol. The van der Waals surface area contributed by atoms with Crippen LogP contribution < -0.4 is 15.4 Å². The lowest BCUT2D eigenvalue weighted by Gasteiger charge is -2.24. The number of aromatic nitrogens is 1. The molecular formula is C29H29ClFN5O3. The number of amides is 1. The lowest BCUT2D eigenvalue weighted by Crippen LogP contribution is -2.29. The first-order valence-corrected chi connectivity index (χ1v) is 13.4. The van der Waals surface area contributed by atoms with Crippen LogP contribution in [-0.4, -0.2) is 54.7 Å². The first kappa shape index (κ1) is 26.9. The van der Waals surface area contributed by atoms with Crippen molar-refractivity contribution < 1.29 is 18.7 Å². The Morgan fingerprint density at radius 3 is 2.87 bits per heavy atom. The van der Waals surface area contributed by atoms with Gasteiger partial charge in [0.15, 0.2) is 0 Å². The second-order valence-electron chi connectivity index (χ2n) is 9.63. The van der Waals surface area contributed by atoms with Crippen molar-refractivity contribution in [3.05, 3.63) is 65.1 Å². The summed E-state index contributed by atoms with van der Waals surface area (Å²) in [7, 11) is 0. The number of benzene rings is 2. The van der Waals surface area contributed by atoms with Crippen molar-refractivity contribution in [2.75, 3.05) is 43.5 Å². The van der Waals surface area contributed by atoms with Crippen molar-refractivity contribution in [2.45, 2.75) is 31.8 Å². The van der Waals surface area contributed by atoms with Crippen molar-refractivity contribution in [3.63, 3.8) is 0 Å². The summed E-state index contributed by atoms with van der Waals surface area (Å²) in [4.78, 5) is 19.7. The molecule has 3 aromatic rings. The van der Waals surface area contributed by atoms with Gasteiger partial charge in [-0.2, -0.15) is 5.26 Å². The SMILES string of the molecule is N#Cc1cnc2cc(O[C@H]3CCOC3)c(NC(=O)/C=C/CN3CCCCC3)cc2c1Nc1ccc(F)c(Cl)c1. The number of rotatable bonds is 8. The van der Waals surface area contributed by atoms with Crippen molar-refractivity contribution in [3.8, 4) is 11.8 Å². The molecule has 1 aromatic heterocycles. The van der Waals surface area contributed by atoms with Crippen LogP contribution in [-0.2, 0) is 9.53 Å². The Hall–Kier alpha value is -3.71. The Balaban J connectivity index is 1.47. The zero-order chi connectivity index (χ0) is 27.2. The molecule has 1 amide bonds. The molecular weight excluding hydrogens is 521 g/mol. The maximum absolute atomic E-state index is 13.7. The highest BCUT2D eigenvalue weighted by Gasteiger charge is 2.21. The summed E-state index contributed by atoms with van der Waals surface area (Å²) in [5.41, 5.74) is 2.23. The predicted molar refractivity (Wildman–Crippen MR) is 149 cm³/mol. The third kappa shape index (κ3) is 6.66. The first-order chi connectivity index (χ1) is 19.0. The number of hydrogen-bond donors (Lipinski definition) is 2. The third-order valence-corrected chi connectivity index (χ3v) is 7.09. The number of halogens is 2. The number of nitrogens with zero attached hydrogens (tertiary/aromatic N) is 3. The van der Waals surface area contributed by atoms with E-state index < -0.39 is 5.82 Å². The number of piperidine rings is 1. The van der Waals surface area contributed by atoms with Crippen LogP contribution >= 0.6 is 11.6 Å². The van der Waals surface area contributed by atoms with Gasteiger partial charge in [0.1, 0.15) is 23.7 Å². The highest BCUT2D eigenvalue weighted by molar-refractivity contribution is 6.31. The number of carbonyl (C=O) groups excluding carboxylic acids is 1. The van der Waals surface area contributed by atoms with Crippen LogP contribution in [0.25, 0.3) is 10.9 Å². The summed E-state index contributed by atoms with van der Waals surface area (Å²) in [5.74, 6) is -0.370. The third-order valence-electron chi connectivity index (χ3n) is 6.80. The van der Waals surface area contributed by atoms with Gasteiger partial charge in [-0.3, -0.25) is 14.7 Å². The number of hydrogen-bond acceptors (Lipinski definition) is 7. The van der Waals surface area contributed by atoms with Gasteiger partial charge in [-0.25, -0.2) is 4.39 Å². The van der Waals surface area contributed by atoms with Gasteiger partial charge in [0, 0.05) is 42.4 Å². The molecule has 2 aliphatic heterocycles. The van der Waals surface area contributed by atoms with E-state index in [0.717, 1.165) is 26.1 Å². The van der Waals surface area contributed by atoms with Gasteiger partial charge < -0.3 is 20.1 Å². The largest absolute Gasteiger partial charge is 0.486 e. The summed E-state index contributed by atoms with van der Waals surface area (Å²) in [6, 6.07) is 9.84. The molecule has 2 aliphatic rings. The molecule has 3 heterocycles. The minimum atomic E-state index is -0.543. The fourth-order valence-corrected chi connectivity index (χ4v) is 4.94. The predicted octanol–water partition coefficient (Wildman–Crippen LogP) is 5.79. The standard InChI is InChI=1S/C29H29ClFN5O3/c30-23-13-20(6-7-24(23)31)34-29-19(16-32)17-33-25-15-27(39-21-8-12-38-18-21)26(14-22(25)29)35-28(37)5-4-11-36-9-2-1-3-10-36/h4-7,13-15,17,21H,1-3,8-12,18H2,(H,33,34)(H,35,37)/b5-4+/t21-/m0/s1. The minimum absolute atomic E-state index is 0.0457. The number of carbonyl (C=O) groups is 1. The number of likely N-dealkylation sites (tertiary alicyclic amines) is 1. The molecule has 2 N–H and O–H groups in total. The van der Waals surface area contributed by atoms with Gasteiger partial charge in [0.05, 0.1) is 40.7 Å². The van der Waals surface area contributed by atoms with E-state index in [2.05, 4.69) is 26.6 Å². The molecule has 2 saturated heterocycles. The number of nitriles is 1. The second kappa shape index (κ2) is 12.4. The Morgan fingerprint density at radius 1 is 1.28 bits per heavy atom. The summed E-state index contributed by atoms with van der Waals surface area (Å²) in [6.07, 6.45) is 9.07. The highest BCUT2D eigenvalue weighted by Crippen LogP contribution is 2.37. The van der Waals surface area contributed by atoms with E-state index in [1.54, 1.807) is 12.1 Å². The molecule has 0 saturated carbocycles. The van der Waals surface area contributed by atoms with Gasteiger partial charge in [-0.15, -0.1) is 0 Å². The van der Waals surface area contributed by atoms with E-state index in [9.17, 15) is 14.4 Å². The Bertz CT molecular complexity index is 1430. The zero-order valence-electron chi connectivity index (χ0n) is 21.4. The Labute approximate surface area is 231 Å². The van der Waals surface area contributed by atoms with E-state index in [0.29, 0.717) is 46.9 Å². The maximum Gasteiger partial charge on any atom is 0.248 e. The number of nitrogens with one attached hydrogen (secondary N) is 2. The summed E-state index contributed by atoms with van der Waals surface area (Å²) < 4.78 is 25.4. The van der Waals surface area contributed by atoms with Crippen LogP contribution in [0.3, 0.4) is 0 Å². The molecule has 0 spiro atoms. The highest BCUT2D eigenvalue weighted by atomic mass is 35.5. The molecule has 10 heteroatoms. The second-order valence-corrected chi connectivity index (χ2v) is 10.0. The van der Waals surface area contributed by atoms with Gasteiger partial charge in [0.25, 0.3) is 0 Å². The molecule has 202 valence electrons. The zero-order valence-corrected chi connectivity index (χ0v) is 22.1. The average Bonchev–Trinajstić information content (AvgIpc) is 3.45. The fraction of sp³-hybridized carbons (Fsp3) is 0.345. The molecule has 8 nitrogen and oxygen atoms in total. The number of fused-ring (bicyclic) bond motifs is 1. The summed E-state index contributed by atoms with van der Waals surface area (Å²) in [5, 5.41) is 16.4. The molecule has 5 rings (SSSR count). The smallest absolute Gasteiger partial charge is 0.248 e. The topological polar surface area (TPSA) is 99.5 Å². The van der Waals surface area contributed by atoms with Crippen LogP contribution in [0.1, 0.15) is 31.2 Å². The molecule has 0 unspecified atom stereocenters. The van der Waals surface area contributed by atoms with Crippen LogP contribution in [0.4, 0.5) is 21.5 Å². The van der Waals surface area contributed by atoms with E-state index in [1.165, 1.54) is 49.7 Å². The Morgan fingerprint density at radius 2 is 2.13 bits per heavy atom. The van der Waals surface area contributed by atoms with E-state index in [-0.39, 0.29) is 22.6 Å². The molecule has 1 atom stereocenters. The van der Waals surface area contributed by atoms with Crippen molar-refractivity contribution in [1.82, 2.24) is 9.88 Å². The number of anilines is 3.